The van der Waals surface area contributed by atoms with Gasteiger partial charge in [-0.05, 0) is 25.0 Å². The standard InChI is InChI=1S/C19H22N6O4S/c1-28-13-6-5-11(8-14(13)29-2)21-16-15-17(30-10-20-15)24-18(23-16)25-7-3-4-12(9-25)22-19(26)27/h5-6,8,10,12,22H,3-4,7,9H2,1-2H3,(H,26,27)(H,21,23,24). The predicted octanol–water partition coefficient (Wildman–Crippen LogP) is 3.08. The second-order valence-corrected chi connectivity index (χ2v) is 7.64. The molecule has 1 fully saturated rings. The zero-order valence-corrected chi connectivity index (χ0v) is 17.4. The Labute approximate surface area is 176 Å². The van der Waals surface area contributed by atoms with Crippen LogP contribution in [0.5, 0.6) is 11.5 Å². The molecule has 1 atom stereocenters. The van der Waals surface area contributed by atoms with Crippen LogP contribution in [0.25, 0.3) is 10.3 Å². The average molecular weight is 430 g/mol. The van der Waals surface area contributed by atoms with Crippen LogP contribution in [0, 0.1) is 0 Å². The van der Waals surface area contributed by atoms with Crippen LogP contribution in [0.15, 0.2) is 23.7 Å². The van der Waals surface area contributed by atoms with Gasteiger partial charge in [-0.3, -0.25) is 0 Å². The number of nitrogens with one attached hydrogen (secondary N) is 2. The van der Waals surface area contributed by atoms with Gasteiger partial charge in [-0.15, -0.1) is 11.3 Å². The van der Waals surface area contributed by atoms with Crippen molar-refractivity contribution in [3.05, 3.63) is 23.7 Å². The number of hydrogen-bond acceptors (Lipinski definition) is 9. The summed E-state index contributed by atoms with van der Waals surface area (Å²) in [5.41, 5.74) is 3.18. The number of nitrogens with zero attached hydrogens (tertiary/aromatic N) is 4. The van der Waals surface area contributed by atoms with Crippen LogP contribution in [0.4, 0.5) is 22.2 Å². The summed E-state index contributed by atoms with van der Waals surface area (Å²) >= 11 is 1.43. The molecule has 0 saturated carbocycles. The van der Waals surface area contributed by atoms with Gasteiger partial charge in [0.05, 0.1) is 19.7 Å². The number of carbonyl (C=O) groups is 1. The Bertz CT molecular complexity index is 1060. The number of thiazole rings is 1. The zero-order valence-electron chi connectivity index (χ0n) is 16.6. The summed E-state index contributed by atoms with van der Waals surface area (Å²) in [6.45, 7) is 1.28. The molecule has 30 heavy (non-hydrogen) atoms. The fourth-order valence-electron chi connectivity index (χ4n) is 3.48. The summed E-state index contributed by atoms with van der Waals surface area (Å²) in [5, 5.41) is 14.9. The highest BCUT2D eigenvalue weighted by molar-refractivity contribution is 7.16. The number of rotatable bonds is 6. The van der Waals surface area contributed by atoms with Gasteiger partial charge in [0, 0.05) is 30.9 Å². The van der Waals surface area contributed by atoms with Gasteiger partial charge in [0.1, 0.15) is 5.52 Å². The zero-order chi connectivity index (χ0) is 21.1. The first-order valence-corrected chi connectivity index (χ1v) is 10.3. The Morgan fingerprint density at radius 2 is 2.10 bits per heavy atom. The maximum absolute atomic E-state index is 11.0. The average Bonchev–Trinajstić information content (AvgIpc) is 3.22. The molecule has 3 heterocycles. The number of aromatic nitrogens is 3. The molecule has 1 aromatic carbocycles. The number of methoxy groups -OCH3 is 2. The fourth-order valence-corrected chi connectivity index (χ4v) is 4.13. The topological polar surface area (TPSA) is 122 Å². The molecule has 3 aromatic rings. The van der Waals surface area contributed by atoms with Crippen LogP contribution in [0.1, 0.15) is 12.8 Å². The van der Waals surface area contributed by atoms with Gasteiger partial charge >= 0.3 is 6.09 Å². The molecular weight excluding hydrogens is 408 g/mol. The Kier molecular flexibility index (Phi) is 5.70. The second kappa shape index (κ2) is 8.57. The van der Waals surface area contributed by atoms with Crippen molar-refractivity contribution >= 4 is 45.2 Å². The summed E-state index contributed by atoms with van der Waals surface area (Å²) < 4.78 is 10.7. The van der Waals surface area contributed by atoms with Crippen LogP contribution < -0.4 is 25.0 Å². The lowest BCUT2D eigenvalue weighted by Gasteiger charge is -2.32. The molecule has 1 saturated heterocycles. The number of fused-ring (bicyclic) bond motifs is 1. The van der Waals surface area contributed by atoms with E-state index in [1.807, 2.05) is 23.1 Å². The van der Waals surface area contributed by atoms with E-state index in [0.717, 1.165) is 29.9 Å². The Morgan fingerprint density at radius 3 is 2.87 bits per heavy atom. The number of anilines is 3. The Balaban J connectivity index is 1.64. The van der Waals surface area contributed by atoms with Crippen LogP contribution in [-0.2, 0) is 0 Å². The first-order valence-electron chi connectivity index (χ1n) is 9.42. The monoisotopic (exact) mass is 430 g/mol. The largest absolute Gasteiger partial charge is 0.493 e. The van der Waals surface area contributed by atoms with Gasteiger partial charge in [-0.2, -0.15) is 9.97 Å². The minimum Gasteiger partial charge on any atom is -0.493 e. The summed E-state index contributed by atoms with van der Waals surface area (Å²) in [6, 6.07) is 5.36. The fraction of sp³-hybridized carbons (Fsp3) is 0.368. The normalized spacial score (nSPS) is 16.3. The lowest BCUT2D eigenvalue weighted by molar-refractivity contribution is 0.188. The quantitative estimate of drug-likeness (QED) is 0.541. The molecule has 1 aliphatic heterocycles. The van der Waals surface area contributed by atoms with Gasteiger partial charge in [-0.1, -0.05) is 0 Å². The molecule has 0 aliphatic carbocycles. The SMILES string of the molecule is COc1ccc(Nc2nc(N3CCCC(NC(=O)O)C3)nc3scnc23)cc1OC. The first-order chi connectivity index (χ1) is 14.6. The Morgan fingerprint density at radius 1 is 1.27 bits per heavy atom. The van der Waals surface area contributed by atoms with E-state index in [0.29, 0.717) is 35.3 Å². The van der Waals surface area contributed by atoms with Crippen molar-refractivity contribution in [2.75, 3.05) is 37.5 Å². The number of benzene rings is 1. The van der Waals surface area contributed by atoms with E-state index >= 15 is 0 Å². The van der Waals surface area contributed by atoms with E-state index in [4.69, 9.17) is 19.6 Å². The van der Waals surface area contributed by atoms with E-state index < -0.39 is 6.09 Å². The molecule has 4 rings (SSSR count). The van der Waals surface area contributed by atoms with E-state index in [9.17, 15) is 4.79 Å². The smallest absolute Gasteiger partial charge is 0.404 e. The maximum atomic E-state index is 11.0. The molecule has 2 aromatic heterocycles. The molecule has 158 valence electrons. The molecular formula is C19H22N6O4S. The van der Waals surface area contributed by atoms with Crippen molar-refractivity contribution in [2.24, 2.45) is 0 Å². The van der Waals surface area contributed by atoms with Crippen LogP contribution in [0.2, 0.25) is 0 Å². The van der Waals surface area contributed by atoms with Crippen LogP contribution >= 0.6 is 11.3 Å². The third kappa shape index (κ3) is 4.15. The minimum atomic E-state index is -1.02. The highest BCUT2D eigenvalue weighted by Crippen LogP contribution is 2.33. The molecule has 1 aliphatic rings. The molecule has 3 N–H and O–H groups in total. The molecule has 11 heteroatoms. The van der Waals surface area contributed by atoms with E-state index in [1.54, 1.807) is 19.7 Å². The van der Waals surface area contributed by atoms with Crippen molar-refractivity contribution in [3.8, 4) is 11.5 Å². The molecule has 0 bridgehead atoms. The van der Waals surface area contributed by atoms with Gasteiger partial charge in [0.25, 0.3) is 0 Å². The van der Waals surface area contributed by atoms with E-state index in [2.05, 4.69) is 20.6 Å². The number of ether oxygens (including phenoxy) is 2. The second-order valence-electron chi connectivity index (χ2n) is 6.81. The molecule has 1 unspecified atom stereocenters. The van der Waals surface area contributed by atoms with Crippen LogP contribution in [0.3, 0.4) is 0 Å². The van der Waals surface area contributed by atoms with E-state index in [1.165, 1.54) is 11.3 Å². The number of piperidine rings is 1. The highest BCUT2D eigenvalue weighted by Gasteiger charge is 2.24. The van der Waals surface area contributed by atoms with Crippen molar-refractivity contribution < 1.29 is 19.4 Å². The van der Waals surface area contributed by atoms with Crippen molar-refractivity contribution in [1.82, 2.24) is 20.3 Å². The van der Waals surface area contributed by atoms with Crippen LogP contribution in [-0.4, -0.2) is 59.5 Å². The predicted molar refractivity (Wildman–Crippen MR) is 114 cm³/mol. The first kappa shape index (κ1) is 20.0. The minimum absolute atomic E-state index is 0.153. The lowest BCUT2D eigenvalue weighted by atomic mass is 10.1. The number of amides is 1. The van der Waals surface area contributed by atoms with Gasteiger partial charge < -0.3 is 30.1 Å². The third-order valence-corrected chi connectivity index (χ3v) is 5.58. The summed E-state index contributed by atoms with van der Waals surface area (Å²) in [4.78, 5) is 27.5. The van der Waals surface area contributed by atoms with Crippen molar-refractivity contribution in [1.29, 1.82) is 0 Å². The summed E-state index contributed by atoms with van der Waals surface area (Å²) in [7, 11) is 3.17. The Hall–Kier alpha value is -3.34. The third-order valence-electron chi connectivity index (χ3n) is 4.86. The highest BCUT2D eigenvalue weighted by atomic mass is 32.1. The number of carboxylic acid groups (broad SMARTS) is 1. The van der Waals surface area contributed by atoms with Crippen molar-refractivity contribution in [2.45, 2.75) is 18.9 Å². The molecule has 1 amide bonds. The lowest BCUT2D eigenvalue weighted by Crippen LogP contribution is -2.48. The van der Waals surface area contributed by atoms with Gasteiger partial charge in [-0.25, -0.2) is 9.78 Å². The molecule has 0 spiro atoms. The maximum Gasteiger partial charge on any atom is 0.404 e. The summed E-state index contributed by atoms with van der Waals surface area (Å²) in [6.07, 6.45) is 0.631. The molecule has 10 nitrogen and oxygen atoms in total. The summed E-state index contributed by atoms with van der Waals surface area (Å²) in [5.74, 6) is 2.36. The van der Waals surface area contributed by atoms with E-state index in [-0.39, 0.29) is 6.04 Å². The number of hydrogen-bond donors (Lipinski definition) is 3. The van der Waals surface area contributed by atoms with Gasteiger partial charge in [0.2, 0.25) is 5.95 Å². The van der Waals surface area contributed by atoms with Crippen molar-refractivity contribution in [3.63, 3.8) is 0 Å². The van der Waals surface area contributed by atoms with Gasteiger partial charge in [0.15, 0.2) is 22.1 Å². The molecule has 0 radical (unpaired) electrons.